The topological polar surface area (TPSA) is 95.7 Å². The van der Waals surface area contributed by atoms with Crippen molar-refractivity contribution in [1.29, 1.82) is 0 Å². The second-order valence-electron chi connectivity index (χ2n) is 6.03. The largest absolute Gasteiger partial charge is 0.333 e. The Hall–Kier alpha value is -1.47. The minimum atomic E-state index is -0.404. The van der Waals surface area contributed by atoms with Gasteiger partial charge < -0.3 is 10.6 Å². The van der Waals surface area contributed by atoms with E-state index in [0.29, 0.717) is 18.9 Å². The Morgan fingerprint density at radius 2 is 2.05 bits per heavy atom. The number of hydrogen-bond donors (Lipinski definition) is 2. The van der Waals surface area contributed by atoms with Crippen LogP contribution in [-0.4, -0.2) is 66.3 Å². The Balaban J connectivity index is 1.69. The summed E-state index contributed by atoms with van der Waals surface area (Å²) in [4.78, 5) is 38.5. The quantitative estimate of drug-likeness (QED) is 0.673. The van der Waals surface area contributed by atoms with Gasteiger partial charge in [-0.1, -0.05) is 0 Å². The maximum Gasteiger partial charge on any atom is 0.246 e. The first-order chi connectivity index (χ1) is 9.95. The van der Waals surface area contributed by atoms with Gasteiger partial charge >= 0.3 is 0 Å². The maximum absolute atomic E-state index is 11.8. The fourth-order valence-electron chi connectivity index (χ4n) is 2.92. The molecule has 0 aromatic rings. The molecule has 0 spiro atoms. The van der Waals surface area contributed by atoms with Crippen LogP contribution in [0, 0.1) is 5.92 Å². The fourth-order valence-corrected chi connectivity index (χ4v) is 2.92. The monoisotopic (exact) mass is 296 g/mol. The molecule has 7 nitrogen and oxygen atoms in total. The molecule has 2 heterocycles. The lowest BCUT2D eigenvalue weighted by atomic mass is 10.0. The molecule has 7 heteroatoms. The summed E-state index contributed by atoms with van der Waals surface area (Å²) in [6.45, 7) is 4.39. The van der Waals surface area contributed by atoms with Gasteiger partial charge in [0.15, 0.2) is 0 Å². The molecule has 2 aliphatic rings. The molecule has 2 aliphatic heterocycles. The Kier molecular flexibility index (Phi) is 5.30. The third-order valence-corrected chi connectivity index (χ3v) is 4.20. The third kappa shape index (κ3) is 4.50. The number of carbonyl (C=O) groups is 3. The summed E-state index contributed by atoms with van der Waals surface area (Å²) >= 11 is 0. The van der Waals surface area contributed by atoms with Gasteiger partial charge in [-0.15, -0.1) is 0 Å². The van der Waals surface area contributed by atoms with E-state index < -0.39 is 5.91 Å². The lowest BCUT2D eigenvalue weighted by Gasteiger charge is -2.18. The van der Waals surface area contributed by atoms with Crippen molar-refractivity contribution >= 4 is 17.7 Å². The summed E-state index contributed by atoms with van der Waals surface area (Å²) in [5.41, 5.74) is 5.86. The molecule has 2 fully saturated rings. The first-order valence-corrected chi connectivity index (χ1v) is 7.54. The van der Waals surface area contributed by atoms with Crippen molar-refractivity contribution in [3.8, 4) is 0 Å². The zero-order chi connectivity index (χ0) is 15.4. The van der Waals surface area contributed by atoms with E-state index in [1.807, 2.05) is 11.8 Å². The van der Waals surface area contributed by atoms with E-state index in [1.54, 1.807) is 0 Å². The van der Waals surface area contributed by atoms with Crippen LogP contribution in [0.15, 0.2) is 0 Å². The van der Waals surface area contributed by atoms with Gasteiger partial charge in [0.1, 0.15) is 0 Å². The Morgan fingerprint density at radius 1 is 1.33 bits per heavy atom. The molecule has 0 radical (unpaired) electrons. The molecule has 0 aromatic heterocycles. The number of likely N-dealkylation sites (tertiary alicyclic amines) is 2. The fraction of sp³-hybridized carbons (Fsp3) is 0.786. The molecule has 2 saturated heterocycles. The van der Waals surface area contributed by atoms with E-state index in [2.05, 4.69) is 5.32 Å². The zero-order valence-electron chi connectivity index (χ0n) is 12.5. The van der Waals surface area contributed by atoms with Crippen molar-refractivity contribution in [3.05, 3.63) is 0 Å². The highest BCUT2D eigenvalue weighted by Gasteiger charge is 2.27. The molecule has 118 valence electrons. The Bertz CT molecular complexity index is 424. The van der Waals surface area contributed by atoms with Crippen LogP contribution in [-0.2, 0) is 14.4 Å². The average Bonchev–Trinajstić information content (AvgIpc) is 2.99. The SMILES string of the molecule is CC(N)C1CCN(CC(=O)NC(=O)CN2CCCC2=O)C1. The normalized spacial score (nSPS) is 24.4. The first-order valence-electron chi connectivity index (χ1n) is 7.54. The molecule has 2 rings (SSSR count). The minimum absolute atomic E-state index is 0.0167. The van der Waals surface area contributed by atoms with Gasteiger partial charge in [0, 0.05) is 25.6 Å². The maximum atomic E-state index is 11.8. The van der Waals surface area contributed by atoms with Crippen molar-refractivity contribution in [3.63, 3.8) is 0 Å². The predicted octanol–water partition coefficient (Wildman–Crippen LogP) is -1.08. The van der Waals surface area contributed by atoms with Crippen LogP contribution in [0.4, 0.5) is 0 Å². The van der Waals surface area contributed by atoms with Crippen LogP contribution in [0.1, 0.15) is 26.2 Å². The second kappa shape index (κ2) is 7.00. The van der Waals surface area contributed by atoms with Crippen molar-refractivity contribution < 1.29 is 14.4 Å². The van der Waals surface area contributed by atoms with Gasteiger partial charge in [0.2, 0.25) is 17.7 Å². The highest BCUT2D eigenvalue weighted by atomic mass is 16.2. The van der Waals surface area contributed by atoms with Gasteiger partial charge in [0.05, 0.1) is 13.1 Å². The van der Waals surface area contributed by atoms with Crippen LogP contribution in [0.3, 0.4) is 0 Å². The van der Waals surface area contributed by atoms with Crippen molar-refractivity contribution in [1.82, 2.24) is 15.1 Å². The van der Waals surface area contributed by atoms with Crippen molar-refractivity contribution in [2.75, 3.05) is 32.7 Å². The van der Waals surface area contributed by atoms with Gasteiger partial charge in [-0.3, -0.25) is 24.6 Å². The van der Waals surface area contributed by atoms with Gasteiger partial charge in [-0.05, 0) is 32.2 Å². The average molecular weight is 296 g/mol. The molecule has 3 N–H and O–H groups in total. The number of carbonyl (C=O) groups excluding carboxylic acids is 3. The number of rotatable bonds is 5. The van der Waals surface area contributed by atoms with E-state index in [-0.39, 0.29) is 30.9 Å². The Labute approximate surface area is 124 Å². The van der Waals surface area contributed by atoms with Crippen LogP contribution in [0.25, 0.3) is 0 Å². The molecular weight excluding hydrogens is 272 g/mol. The summed E-state index contributed by atoms with van der Waals surface area (Å²) in [5, 5.41) is 2.35. The predicted molar refractivity (Wildman–Crippen MR) is 77.2 cm³/mol. The first kappa shape index (κ1) is 15.9. The van der Waals surface area contributed by atoms with Crippen LogP contribution < -0.4 is 11.1 Å². The molecule has 0 aromatic carbocycles. The van der Waals surface area contributed by atoms with Gasteiger partial charge in [-0.2, -0.15) is 0 Å². The highest BCUT2D eigenvalue weighted by Crippen LogP contribution is 2.17. The van der Waals surface area contributed by atoms with Gasteiger partial charge in [0.25, 0.3) is 0 Å². The number of nitrogens with two attached hydrogens (primary N) is 1. The van der Waals surface area contributed by atoms with E-state index in [9.17, 15) is 14.4 Å². The Morgan fingerprint density at radius 3 is 2.62 bits per heavy atom. The van der Waals surface area contributed by atoms with Crippen LogP contribution >= 0.6 is 0 Å². The molecule has 2 atom stereocenters. The smallest absolute Gasteiger partial charge is 0.246 e. The summed E-state index contributed by atoms with van der Waals surface area (Å²) in [6, 6.07) is 0.126. The molecule has 0 saturated carbocycles. The molecular formula is C14H24N4O3. The lowest BCUT2D eigenvalue weighted by molar-refractivity contribution is -0.136. The number of hydrogen-bond acceptors (Lipinski definition) is 5. The van der Waals surface area contributed by atoms with Gasteiger partial charge in [-0.25, -0.2) is 0 Å². The molecule has 21 heavy (non-hydrogen) atoms. The summed E-state index contributed by atoms with van der Waals surface area (Å²) in [5.74, 6) is -0.317. The molecule has 0 bridgehead atoms. The standard InChI is InChI=1S/C14H24N4O3/c1-10(15)11-4-6-17(7-11)8-12(19)16-13(20)9-18-5-2-3-14(18)21/h10-11H,2-9,15H2,1H3,(H,16,19,20). The van der Waals surface area contributed by atoms with E-state index >= 15 is 0 Å². The van der Waals surface area contributed by atoms with E-state index in [1.165, 1.54) is 4.90 Å². The highest BCUT2D eigenvalue weighted by molar-refractivity contribution is 5.98. The summed E-state index contributed by atoms with van der Waals surface area (Å²) in [6.07, 6.45) is 2.27. The van der Waals surface area contributed by atoms with Crippen molar-refractivity contribution in [2.45, 2.75) is 32.2 Å². The number of imide groups is 1. The summed E-state index contributed by atoms with van der Waals surface area (Å²) < 4.78 is 0. The van der Waals surface area contributed by atoms with Crippen LogP contribution in [0.5, 0.6) is 0 Å². The molecule has 3 amide bonds. The second-order valence-corrected chi connectivity index (χ2v) is 6.03. The minimum Gasteiger partial charge on any atom is -0.333 e. The third-order valence-electron chi connectivity index (χ3n) is 4.20. The van der Waals surface area contributed by atoms with E-state index in [4.69, 9.17) is 5.73 Å². The van der Waals surface area contributed by atoms with Crippen molar-refractivity contribution in [2.24, 2.45) is 11.7 Å². The zero-order valence-corrected chi connectivity index (χ0v) is 12.5. The molecule has 2 unspecified atom stereocenters. The number of nitrogens with zero attached hydrogens (tertiary/aromatic N) is 2. The lowest BCUT2D eigenvalue weighted by Crippen LogP contribution is -2.44. The summed E-state index contributed by atoms with van der Waals surface area (Å²) in [7, 11) is 0. The van der Waals surface area contributed by atoms with Crippen LogP contribution in [0.2, 0.25) is 0 Å². The number of amides is 3. The molecule has 0 aliphatic carbocycles. The van der Waals surface area contributed by atoms with E-state index in [0.717, 1.165) is 25.9 Å². The number of nitrogens with one attached hydrogen (secondary N) is 1.